The standard InChI is InChI=1S/C15H17BrN2O2.C14H14Br2N2O2.C14H15BrN2O2.C14H15FN2O2.C13H12Br2N2O2.C13H13BrN2O2.C13H13FN2O2/c1-10(2)20-14(19)13-9-17-15(16)18(13)11(3)12-7-5-4-6-8-12;1-3-20-13(19)11-12(15)17-14(16)18(11)9(2)10-7-5-4-6-8-10;1-3-19-14(18)12-13(15)16-9-17(12)10(2)11-7-5-4-6-8-11;1-3-19-13(18)12-9-16-14(15)17(12)10(2)11-7-5-4-6-8-11;1-8(9-6-4-3-5-7-9)17-10(12(18)19-2)11(14)16-13(17)15;1-9(10-6-4-3-5-7-10)16-8-15-12(14)11(16)13(17)18-2;1-9(10-6-4-3-5-7-10)16-11(12(17)18-2)8-15-13(16)14/h4-11H,1-3H3;4-9H,3H2,1-2H3;2*4-10H,3H2,1-2H3;3-8H,1-2H3;2*3-9H,1-2H3/t11-;9-;2*10-;8-;2*9-/m1111111/s1. The molecule has 0 fully saturated rings. The van der Waals surface area contributed by atoms with Crippen molar-refractivity contribution in [3.63, 3.8) is 0 Å². The van der Waals surface area contributed by atoms with Crippen LogP contribution in [0.4, 0.5) is 8.78 Å². The summed E-state index contributed by atoms with van der Waals surface area (Å²) in [6, 6.07) is 67.6. The van der Waals surface area contributed by atoms with E-state index in [2.05, 4.69) is 151 Å². The number of hydrogen-bond acceptors (Lipinski definition) is 21. The van der Waals surface area contributed by atoms with E-state index >= 15 is 0 Å². The summed E-state index contributed by atoms with van der Waals surface area (Å²) >= 11 is 23.3. The molecule has 0 aliphatic carbocycles. The van der Waals surface area contributed by atoms with Gasteiger partial charge >= 0.3 is 41.8 Å². The maximum atomic E-state index is 13.8. The van der Waals surface area contributed by atoms with E-state index in [1.165, 1.54) is 49.1 Å². The Morgan fingerprint density at radius 3 is 0.865 bits per heavy atom. The first-order valence-corrected chi connectivity index (χ1v) is 47.1. The second-order valence-electron chi connectivity index (χ2n) is 28.9. The fourth-order valence-electron chi connectivity index (χ4n) is 13.4. The van der Waals surface area contributed by atoms with Crippen LogP contribution in [0.25, 0.3) is 0 Å². The molecule has 14 aromatic rings. The summed E-state index contributed by atoms with van der Waals surface area (Å²) in [4.78, 5) is 111. The Kier molecular flexibility index (Phi) is 42.4. The molecule has 14 rings (SSSR count). The van der Waals surface area contributed by atoms with E-state index in [0.29, 0.717) is 74.3 Å². The van der Waals surface area contributed by atoms with Gasteiger partial charge in [0.2, 0.25) is 0 Å². The molecule has 0 saturated carbocycles. The SMILES string of the molecule is CC(C)OC(=O)c1cnc(Br)n1[C@H](C)c1ccccc1.CCOC(=O)c1c(Br)nc(Br)n1[C@H](C)c1ccccc1.CCOC(=O)c1c(Br)ncn1[C@H](C)c1ccccc1.CCOC(=O)c1cnc(F)n1[C@H](C)c1ccccc1.COC(=O)c1c(Br)nc(Br)n1[C@H](C)c1ccccc1.COC(=O)c1c(Br)ncn1[C@H](C)c1ccccc1.COC(=O)c1cnc(F)n1[C@H](C)c1ccccc1. The van der Waals surface area contributed by atoms with Crippen LogP contribution in [0.15, 0.2) is 276 Å². The molecule has 7 aromatic carbocycles. The molecule has 0 spiro atoms. The molecular formula is C96H99Br7F2N14O14. The van der Waals surface area contributed by atoms with Gasteiger partial charge in [-0.25, -0.2) is 68.4 Å². The zero-order chi connectivity index (χ0) is 97.3. The molecular weight excluding hydrogens is 2170 g/mol. The quantitative estimate of drug-likeness (QED) is 0.0379. The Morgan fingerprint density at radius 1 is 0.293 bits per heavy atom. The highest BCUT2D eigenvalue weighted by Crippen LogP contribution is 2.35. The van der Waals surface area contributed by atoms with E-state index in [1.807, 2.05) is 281 Å². The van der Waals surface area contributed by atoms with Crippen LogP contribution in [0.2, 0.25) is 0 Å². The number of rotatable bonds is 25. The zero-order valence-corrected chi connectivity index (χ0v) is 86.3. The first-order chi connectivity index (χ1) is 63.7. The van der Waals surface area contributed by atoms with Crippen molar-refractivity contribution in [3.05, 3.63) is 367 Å². The fourth-order valence-corrected chi connectivity index (χ4v) is 17.8. The lowest BCUT2D eigenvalue weighted by molar-refractivity contribution is 0.0361. The van der Waals surface area contributed by atoms with Gasteiger partial charge in [0.25, 0.3) is 12.2 Å². The molecule has 133 heavy (non-hydrogen) atoms. The van der Waals surface area contributed by atoms with E-state index in [4.69, 9.17) is 28.4 Å². The third-order valence-electron chi connectivity index (χ3n) is 20.3. The number of hydrogen-bond donors (Lipinski definition) is 0. The molecule has 7 atom stereocenters. The predicted octanol–water partition coefficient (Wildman–Crippen LogP) is 23.5. The smallest absolute Gasteiger partial charge is 0.357 e. The molecule has 0 aliphatic heterocycles. The van der Waals surface area contributed by atoms with Gasteiger partial charge in [-0.15, -0.1) is 0 Å². The highest BCUT2D eigenvalue weighted by molar-refractivity contribution is 9.11. The molecule has 0 radical (unpaired) electrons. The number of methoxy groups -OCH3 is 3. The van der Waals surface area contributed by atoms with Crippen LogP contribution >= 0.6 is 112 Å². The first-order valence-electron chi connectivity index (χ1n) is 41.5. The lowest BCUT2D eigenvalue weighted by Crippen LogP contribution is -2.18. The lowest BCUT2D eigenvalue weighted by atomic mass is 10.1. The number of imidazole rings is 7. The molecule has 0 unspecified atom stereocenters. The molecule has 0 amide bonds. The number of carbonyl (C=O) groups excluding carboxylic acids is 7. The third kappa shape index (κ3) is 28.3. The van der Waals surface area contributed by atoms with E-state index in [0.717, 1.165) is 38.9 Å². The summed E-state index contributed by atoms with van der Waals surface area (Å²) in [6.45, 7) is 23.5. The van der Waals surface area contributed by atoms with Gasteiger partial charge in [0.15, 0.2) is 37.0 Å². The molecule has 0 N–H and O–H groups in total. The van der Waals surface area contributed by atoms with Gasteiger partial charge in [-0.05, 0) is 234 Å². The summed E-state index contributed by atoms with van der Waals surface area (Å²) in [5, 5.41) is 0. The second-order valence-corrected chi connectivity index (χ2v) is 34.0. The minimum atomic E-state index is -0.702. The lowest BCUT2D eigenvalue weighted by Gasteiger charge is -2.18. The van der Waals surface area contributed by atoms with E-state index in [-0.39, 0.29) is 84.3 Å². The maximum absolute atomic E-state index is 13.8. The topological polar surface area (TPSA) is 309 Å². The van der Waals surface area contributed by atoms with Gasteiger partial charge in [0.05, 0.1) is 121 Å². The maximum Gasteiger partial charge on any atom is 0.357 e. The Hall–Kier alpha value is -11.5. The number of esters is 7. The van der Waals surface area contributed by atoms with Crippen LogP contribution in [-0.4, -0.2) is 156 Å². The number of halogens is 9. The van der Waals surface area contributed by atoms with Crippen molar-refractivity contribution < 1.29 is 75.5 Å². The van der Waals surface area contributed by atoms with Crippen LogP contribution in [0.3, 0.4) is 0 Å². The normalized spacial score (nSPS) is 12.2. The Balaban J connectivity index is 0.000000191. The molecule has 0 aliphatic rings. The van der Waals surface area contributed by atoms with Crippen LogP contribution in [0, 0.1) is 12.2 Å². The van der Waals surface area contributed by atoms with Crippen LogP contribution in [0.5, 0.6) is 0 Å². The number of aromatic nitrogens is 14. The van der Waals surface area contributed by atoms with Crippen molar-refractivity contribution in [2.75, 3.05) is 41.2 Å². The Bertz CT molecular complexity index is 6110. The first kappa shape index (κ1) is 107. The minimum Gasteiger partial charge on any atom is -0.464 e. The Labute approximate surface area is 828 Å². The average molecular weight is 2270 g/mol. The molecule has 0 saturated heterocycles. The van der Waals surface area contributed by atoms with Gasteiger partial charge in [0, 0.05) is 0 Å². The summed E-state index contributed by atoms with van der Waals surface area (Å²) in [5.41, 5.74) is 9.61. The van der Waals surface area contributed by atoms with E-state index in [9.17, 15) is 42.3 Å². The van der Waals surface area contributed by atoms with Gasteiger partial charge in [0.1, 0.15) is 35.5 Å². The van der Waals surface area contributed by atoms with Gasteiger partial charge in [-0.2, -0.15) is 8.78 Å². The van der Waals surface area contributed by atoms with Crippen LogP contribution < -0.4 is 0 Å². The van der Waals surface area contributed by atoms with Gasteiger partial charge in [-0.3, -0.25) is 9.13 Å². The van der Waals surface area contributed by atoms with Crippen molar-refractivity contribution in [1.29, 1.82) is 0 Å². The van der Waals surface area contributed by atoms with Crippen molar-refractivity contribution in [2.24, 2.45) is 0 Å². The van der Waals surface area contributed by atoms with Crippen molar-refractivity contribution >= 4 is 153 Å². The predicted molar refractivity (Wildman–Crippen MR) is 524 cm³/mol. The number of carbonyl (C=O) groups is 7. The molecule has 7 heterocycles. The van der Waals surface area contributed by atoms with Crippen LogP contribution in [0.1, 0.15) is 238 Å². The van der Waals surface area contributed by atoms with Gasteiger partial charge < -0.3 is 56.0 Å². The number of benzene rings is 7. The highest BCUT2D eigenvalue weighted by Gasteiger charge is 2.31. The van der Waals surface area contributed by atoms with Crippen molar-refractivity contribution in [2.45, 2.75) is 131 Å². The number of nitrogens with zero attached hydrogens (tertiary/aromatic N) is 14. The van der Waals surface area contributed by atoms with E-state index in [1.54, 1.807) is 49.5 Å². The monoisotopic (exact) mass is 2260 g/mol. The number of ether oxygens (including phenoxy) is 7. The van der Waals surface area contributed by atoms with Crippen LogP contribution in [-0.2, 0) is 33.2 Å². The van der Waals surface area contributed by atoms with Gasteiger partial charge in [-0.1, -0.05) is 212 Å². The average Bonchev–Trinajstić information content (AvgIpc) is 1.64. The van der Waals surface area contributed by atoms with E-state index < -0.39 is 36.0 Å². The molecule has 700 valence electrons. The minimum absolute atomic E-state index is 0.0113. The zero-order valence-electron chi connectivity index (χ0n) is 75.2. The third-order valence-corrected chi connectivity index (χ3v) is 24.2. The largest absolute Gasteiger partial charge is 0.464 e. The summed E-state index contributed by atoms with van der Waals surface area (Å²) in [5.74, 6) is -3.11. The molecule has 37 heteroatoms. The summed E-state index contributed by atoms with van der Waals surface area (Å²) in [7, 11) is 3.97. The Morgan fingerprint density at radius 2 is 0.549 bits per heavy atom. The van der Waals surface area contributed by atoms with Crippen molar-refractivity contribution in [3.8, 4) is 0 Å². The fraction of sp³-hybridized carbons (Fsp3) is 0.271. The van der Waals surface area contributed by atoms with Crippen molar-refractivity contribution in [1.82, 2.24) is 66.9 Å². The second kappa shape index (κ2) is 52.8. The molecule has 28 nitrogen and oxygen atoms in total. The molecule has 7 aromatic heterocycles. The molecule has 0 bridgehead atoms. The summed E-state index contributed by atoms with van der Waals surface area (Å²) in [6.07, 6.45) is 5.65. The summed E-state index contributed by atoms with van der Waals surface area (Å²) < 4.78 is 77.2. The highest BCUT2D eigenvalue weighted by atomic mass is 79.9.